The van der Waals surface area contributed by atoms with Gasteiger partial charge in [-0.1, -0.05) is 0 Å². The first-order valence-electron chi connectivity index (χ1n) is 5.00. The van der Waals surface area contributed by atoms with E-state index in [9.17, 15) is 4.79 Å². The number of carbonyl (C=O) groups is 1. The third-order valence-corrected chi connectivity index (χ3v) is 1.83. The van der Waals surface area contributed by atoms with E-state index in [0.29, 0.717) is 11.5 Å². The number of anilines is 2. The average Bonchev–Trinajstić information content (AvgIpc) is 2.09. The number of rotatable bonds is 1. The molecular formula is C11H17N3O2. The number of pyridine rings is 1. The van der Waals surface area contributed by atoms with Gasteiger partial charge in [0.25, 0.3) is 0 Å². The van der Waals surface area contributed by atoms with Crippen LogP contribution in [0.4, 0.5) is 16.3 Å². The Labute approximate surface area is 95.0 Å². The summed E-state index contributed by atoms with van der Waals surface area (Å²) in [5.74, 6) is 0.328. The number of aryl methyl sites for hydroxylation is 1. The molecule has 0 saturated carbocycles. The standard InChI is InChI=1S/C11H17N3O2/c1-7-5-6-13-9(8(7)12)14-10(15)16-11(2,3)4/h5-6H,12H2,1-4H3,(H,13,14,15). The number of hydrogen-bond donors (Lipinski definition) is 2. The molecule has 0 atom stereocenters. The predicted molar refractivity (Wildman–Crippen MR) is 63.2 cm³/mol. The molecule has 3 N–H and O–H groups in total. The van der Waals surface area contributed by atoms with E-state index in [2.05, 4.69) is 10.3 Å². The number of hydrogen-bond acceptors (Lipinski definition) is 4. The minimum atomic E-state index is -0.558. The van der Waals surface area contributed by atoms with Gasteiger partial charge in [0.05, 0.1) is 5.69 Å². The van der Waals surface area contributed by atoms with E-state index >= 15 is 0 Å². The molecule has 0 aliphatic rings. The summed E-state index contributed by atoms with van der Waals surface area (Å²) >= 11 is 0. The summed E-state index contributed by atoms with van der Waals surface area (Å²) < 4.78 is 5.09. The van der Waals surface area contributed by atoms with Gasteiger partial charge in [-0.15, -0.1) is 0 Å². The Morgan fingerprint density at radius 3 is 2.69 bits per heavy atom. The molecule has 0 aliphatic heterocycles. The maximum absolute atomic E-state index is 11.5. The van der Waals surface area contributed by atoms with Gasteiger partial charge in [0.15, 0.2) is 5.82 Å². The second-order valence-corrected chi connectivity index (χ2v) is 4.52. The minimum absolute atomic E-state index is 0.328. The Kier molecular flexibility index (Phi) is 3.37. The van der Waals surface area contributed by atoms with Gasteiger partial charge in [-0.3, -0.25) is 5.32 Å². The quantitative estimate of drug-likeness (QED) is 0.766. The SMILES string of the molecule is Cc1ccnc(NC(=O)OC(C)(C)C)c1N. The van der Waals surface area contributed by atoms with Crippen molar-refractivity contribution < 1.29 is 9.53 Å². The van der Waals surface area contributed by atoms with Gasteiger partial charge in [-0.2, -0.15) is 0 Å². The lowest BCUT2D eigenvalue weighted by atomic mass is 10.2. The predicted octanol–water partition coefficient (Wildman–Crippen LogP) is 2.32. The zero-order valence-electron chi connectivity index (χ0n) is 10.00. The molecule has 88 valence electrons. The maximum Gasteiger partial charge on any atom is 0.413 e. The zero-order valence-corrected chi connectivity index (χ0v) is 10.00. The minimum Gasteiger partial charge on any atom is -0.444 e. The molecule has 1 aromatic rings. The number of nitrogen functional groups attached to an aromatic ring is 1. The van der Waals surface area contributed by atoms with E-state index in [4.69, 9.17) is 10.5 Å². The molecule has 5 heteroatoms. The molecule has 1 rings (SSSR count). The summed E-state index contributed by atoms with van der Waals surface area (Å²) in [6.07, 6.45) is 1.02. The van der Waals surface area contributed by atoms with Crippen molar-refractivity contribution in [3.8, 4) is 0 Å². The van der Waals surface area contributed by atoms with E-state index in [1.165, 1.54) is 0 Å². The van der Waals surface area contributed by atoms with Crippen molar-refractivity contribution >= 4 is 17.6 Å². The van der Waals surface area contributed by atoms with Gasteiger partial charge in [0.2, 0.25) is 0 Å². The van der Waals surface area contributed by atoms with Crippen LogP contribution >= 0.6 is 0 Å². The van der Waals surface area contributed by atoms with Crippen molar-refractivity contribution in [2.75, 3.05) is 11.1 Å². The number of aromatic nitrogens is 1. The fraction of sp³-hybridized carbons (Fsp3) is 0.455. The monoisotopic (exact) mass is 223 g/mol. The summed E-state index contributed by atoms with van der Waals surface area (Å²) in [7, 11) is 0. The number of ether oxygens (including phenoxy) is 1. The van der Waals surface area contributed by atoms with Crippen molar-refractivity contribution in [3.05, 3.63) is 17.8 Å². The molecule has 0 aromatic carbocycles. The molecule has 1 aromatic heterocycles. The second-order valence-electron chi connectivity index (χ2n) is 4.52. The molecule has 0 saturated heterocycles. The van der Waals surface area contributed by atoms with Crippen LogP contribution in [0.25, 0.3) is 0 Å². The van der Waals surface area contributed by atoms with Crippen LogP contribution in [0.1, 0.15) is 26.3 Å². The summed E-state index contributed by atoms with van der Waals surface area (Å²) in [5.41, 5.74) is 6.54. The van der Waals surface area contributed by atoms with Gasteiger partial charge in [0.1, 0.15) is 5.60 Å². The highest BCUT2D eigenvalue weighted by Crippen LogP contribution is 2.19. The third-order valence-electron chi connectivity index (χ3n) is 1.83. The van der Waals surface area contributed by atoms with Gasteiger partial charge in [0, 0.05) is 6.20 Å². The molecule has 0 spiro atoms. The molecule has 16 heavy (non-hydrogen) atoms. The highest BCUT2D eigenvalue weighted by molar-refractivity contribution is 5.87. The van der Waals surface area contributed by atoms with E-state index in [0.717, 1.165) is 5.56 Å². The molecule has 0 fully saturated rings. The van der Waals surface area contributed by atoms with Crippen LogP contribution in [0.5, 0.6) is 0 Å². The normalized spacial score (nSPS) is 11.0. The van der Waals surface area contributed by atoms with Crippen LogP contribution in [0.3, 0.4) is 0 Å². The lowest BCUT2D eigenvalue weighted by Crippen LogP contribution is -2.27. The Bertz CT molecular complexity index is 397. The highest BCUT2D eigenvalue weighted by atomic mass is 16.6. The van der Waals surface area contributed by atoms with Crippen molar-refractivity contribution in [2.45, 2.75) is 33.3 Å². The number of nitrogens with zero attached hydrogens (tertiary/aromatic N) is 1. The van der Waals surface area contributed by atoms with E-state index in [1.54, 1.807) is 33.0 Å². The Morgan fingerprint density at radius 1 is 1.50 bits per heavy atom. The van der Waals surface area contributed by atoms with Gasteiger partial charge in [-0.05, 0) is 39.3 Å². The van der Waals surface area contributed by atoms with E-state index in [1.807, 2.05) is 6.92 Å². The fourth-order valence-corrected chi connectivity index (χ4v) is 1.07. The first kappa shape index (κ1) is 12.3. The summed E-state index contributed by atoms with van der Waals surface area (Å²) in [6, 6.07) is 1.77. The zero-order chi connectivity index (χ0) is 12.3. The molecule has 0 unspecified atom stereocenters. The highest BCUT2D eigenvalue weighted by Gasteiger charge is 2.17. The molecule has 0 bridgehead atoms. The van der Waals surface area contributed by atoms with Crippen LogP contribution < -0.4 is 11.1 Å². The Morgan fingerprint density at radius 2 is 2.12 bits per heavy atom. The van der Waals surface area contributed by atoms with Gasteiger partial charge >= 0.3 is 6.09 Å². The first-order chi connectivity index (χ1) is 7.29. The smallest absolute Gasteiger partial charge is 0.413 e. The first-order valence-corrected chi connectivity index (χ1v) is 5.00. The van der Waals surface area contributed by atoms with Crippen molar-refractivity contribution in [3.63, 3.8) is 0 Å². The Hall–Kier alpha value is -1.78. The molecule has 1 amide bonds. The third kappa shape index (κ3) is 3.42. The topological polar surface area (TPSA) is 77.2 Å². The molecule has 0 radical (unpaired) electrons. The lowest BCUT2D eigenvalue weighted by Gasteiger charge is -2.19. The van der Waals surface area contributed by atoms with Crippen molar-refractivity contribution in [1.29, 1.82) is 0 Å². The van der Waals surface area contributed by atoms with Gasteiger partial charge < -0.3 is 10.5 Å². The van der Waals surface area contributed by atoms with Gasteiger partial charge in [-0.25, -0.2) is 9.78 Å². The summed E-state index contributed by atoms with van der Waals surface area (Å²) in [4.78, 5) is 15.4. The van der Waals surface area contributed by atoms with Crippen LogP contribution in [-0.4, -0.2) is 16.7 Å². The second kappa shape index (κ2) is 4.38. The lowest BCUT2D eigenvalue weighted by molar-refractivity contribution is 0.0635. The average molecular weight is 223 g/mol. The molecule has 5 nitrogen and oxygen atoms in total. The van der Waals surface area contributed by atoms with Crippen molar-refractivity contribution in [1.82, 2.24) is 4.98 Å². The number of carbonyl (C=O) groups excluding carboxylic acids is 1. The van der Waals surface area contributed by atoms with E-state index < -0.39 is 11.7 Å². The Balaban J connectivity index is 2.74. The summed E-state index contributed by atoms with van der Waals surface area (Å²) in [6.45, 7) is 7.22. The van der Waals surface area contributed by atoms with Crippen LogP contribution in [0.15, 0.2) is 12.3 Å². The molecular weight excluding hydrogens is 206 g/mol. The van der Waals surface area contributed by atoms with Crippen LogP contribution in [-0.2, 0) is 4.74 Å². The largest absolute Gasteiger partial charge is 0.444 e. The van der Waals surface area contributed by atoms with Crippen LogP contribution in [0, 0.1) is 6.92 Å². The molecule has 1 heterocycles. The number of amides is 1. The molecule has 0 aliphatic carbocycles. The number of nitrogens with one attached hydrogen (secondary N) is 1. The van der Waals surface area contributed by atoms with Crippen LogP contribution in [0.2, 0.25) is 0 Å². The van der Waals surface area contributed by atoms with E-state index in [-0.39, 0.29) is 0 Å². The maximum atomic E-state index is 11.5. The number of nitrogens with two attached hydrogens (primary N) is 1. The van der Waals surface area contributed by atoms with Crippen molar-refractivity contribution in [2.24, 2.45) is 0 Å². The fourth-order valence-electron chi connectivity index (χ4n) is 1.07. The summed E-state index contributed by atoms with van der Waals surface area (Å²) in [5, 5.41) is 2.51.